The minimum Gasteiger partial charge on any atom is -0.493 e. The minimum atomic E-state index is -0.509. The number of carbonyl (C=O) groups excluding carboxylic acids is 2. The van der Waals surface area contributed by atoms with Crippen LogP contribution in [0, 0.1) is 10.1 Å². The summed E-state index contributed by atoms with van der Waals surface area (Å²) in [6, 6.07) is 18.6. The van der Waals surface area contributed by atoms with E-state index in [2.05, 4.69) is 5.32 Å². The number of carbonyl (C=O) groups is 2. The molecule has 1 N–H and O–H groups in total. The number of nitrogens with one attached hydrogen (secondary N) is 1. The molecule has 1 heterocycles. The SMILES string of the molecule is COc1ccc([C@@H]2CC(=O)N(CC(=O)Nc3ccc([N+](=O)[O-])cc3)c3ccccc3S2)cc1OC. The highest BCUT2D eigenvalue weighted by Gasteiger charge is 2.31. The van der Waals surface area contributed by atoms with E-state index < -0.39 is 10.8 Å². The summed E-state index contributed by atoms with van der Waals surface area (Å²) < 4.78 is 10.7. The Kier molecular flexibility index (Phi) is 7.21. The van der Waals surface area contributed by atoms with Gasteiger partial charge in [0.25, 0.3) is 5.69 Å². The fraction of sp³-hybridized carbons (Fsp3) is 0.200. The number of rotatable bonds is 7. The van der Waals surface area contributed by atoms with E-state index in [4.69, 9.17) is 9.47 Å². The number of nitro groups is 1. The predicted molar refractivity (Wildman–Crippen MR) is 133 cm³/mol. The number of nitro benzene ring substituents is 1. The van der Waals surface area contributed by atoms with Gasteiger partial charge in [-0.05, 0) is 42.0 Å². The van der Waals surface area contributed by atoms with Crippen molar-refractivity contribution in [3.05, 3.63) is 82.4 Å². The van der Waals surface area contributed by atoms with E-state index in [-0.39, 0.29) is 29.8 Å². The third-order valence-corrected chi connectivity index (χ3v) is 6.85. The minimum absolute atomic E-state index is 0.0714. The Morgan fingerprint density at radius 2 is 1.80 bits per heavy atom. The lowest BCUT2D eigenvalue weighted by molar-refractivity contribution is -0.384. The molecule has 0 saturated carbocycles. The van der Waals surface area contributed by atoms with Crippen molar-refractivity contribution < 1.29 is 24.0 Å². The van der Waals surface area contributed by atoms with Gasteiger partial charge in [-0.1, -0.05) is 18.2 Å². The highest BCUT2D eigenvalue weighted by molar-refractivity contribution is 7.99. The van der Waals surface area contributed by atoms with Crippen molar-refractivity contribution in [1.29, 1.82) is 0 Å². The summed E-state index contributed by atoms with van der Waals surface area (Å²) >= 11 is 1.55. The monoisotopic (exact) mass is 493 g/mol. The number of para-hydroxylation sites is 1. The van der Waals surface area contributed by atoms with Gasteiger partial charge >= 0.3 is 0 Å². The number of benzene rings is 3. The number of ether oxygens (including phenoxy) is 2. The molecular weight excluding hydrogens is 470 g/mol. The molecule has 0 aliphatic carbocycles. The van der Waals surface area contributed by atoms with Crippen LogP contribution >= 0.6 is 11.8 Å². The molecule has 0 radical (unpaired) electrons. The summed E-state index contributed by atoms with van der Waals surface area (Å²) in [5, 5.41) is 13.4. The first-order chi connectivity index (χ1) is 16.9. The smallest absolute Gasteiger partial charge is 0.269 e. The topological polar surface area (TPSA) is 111 Å². The van der Waals surface area contributed by atoms with E-state index in [1.54, 1.807) is 26.0 Å². The van der Waals surface area contributed by atoms with Gasteiger partial charge in [0.15, 0.2) is 11.5 Å². The molecule has 4 rings (SSSR count). The van der Waals surface area contributed by atoms with Gasteiger partial charge in [-0.2, -0.15) is 0 Å². The normalized spacial score (nSPS) is 15.1. The molecule has 1 aliphatic rings. The van der Waals surface area contributed by atoms with Gasteiger partial charge < -0.3 is 19.7 Å². The molecule has 35 heavy (non-hydrogen) atoms. The number of hydrogen-bond donors (Lipinski definition) is 1. The Morgan fingerprint density at radius 1 is 1.09 bits per heavy atom. The summed E-state index contributed by atoms with van der Waals surface area (Å²) in [4.78, 5) is 38.8. The Morgan fingerprint density at radius 3 is 2.49 bits per heavy atom. The van der Waals surface area contributed by atoms with Crippen molar-refractivity contribution in [2.75, 3.05) is 31.0 Å². The van der Waals surface area contributed by atoms with Crippen LogP contribution in [0.3, 0.4) is 0 Å². The molecule has 2 amide bonds. The van der Waals surface area contributed by atoms with E-state index in [1.165, 1.54) is 29.2 Å². The van der Waals surface area contributed by atoms with Gasteiger partial charge in [-0.25, -0.2) is 0 Å². The van der Waals surface area contributed by atoms with E-state index >= 15 is 0 Å². The second-order valence-electron chi connectivity index (χ2n) is 7.72. The van der Waals surface area contributed by atoms with Crippen LogP contribution in [0.4, 0.5) is 17.1 Å². The molecule has 10 heteroatoms. The number of anilines is 2. The average molecular weight is 494 g/mol. The Labute approximate surface area is 206 Å². The maximum Gasteiger partial charge on any atom is 0.269 e. The van der Waals surface area contributed by atoms with Crippen LogP contribution < -0.4 is 19.7 Å². The molecule has 1 atom stereocenters. The Bertz CT molecular complexity index is 1260. The number of nitrogens with zero attached hydrogens (tertiary/aromatic N) is 2. The summed E-state index contributed by atoms with van der Waals surface area (Å²) in [6.45, 7) is -0.188. The fourth-order valence-electron chi connectivity index (χ4n) is 3.80. The van der Waals surface area contributed by atoms with Crippen molar-refractivity contribution in [3.8, 4) is 11.5 Å². The molecule has 0 unspecified atom stereocenters. The molecular formula is C25H23N3O6S. The van der Waals surface area contributed by atoms with Gasteiger partial charge in [-0.3, -0.25) is 19.7 Å². The van der Waals surface area contributed by atoms with Crippen molar-refractivity contribution in [2.45, 2.75) is 16.6 Å². The summed E-state index contributed by atoms with van der Waals surface area (Å²) in [7, 11) is 3.13. The largest absolute Gasteiger partial charge is 0.493 e. The molecule has 0 spiro atoms. The zero-order valence-electron chi connectivity index (χ0n) is 19.1. The first-order valence-corrected chi connectivity index (χ1v) is 11.6. The molecule has 180 valence electrons. The van der Waals surface area contributed by atoms with Crippen molar-refractivity contribution >= 4 is 40.6 Å². The van der Waals surface area contributed by atoms with Gasteiger partial charge in [0, 0.05) is 34.4 Å². The van der Waals surface area contributed by atoms with E-state index in [0.29, 0.717) is 22.9 Å². The second-order valence-corrected chi connectivity index (χ2v) is 8.97. The maximum absolute atomic E-state index is 13.3. The molecule has 3 aromatic rings. The lowest BCUT2D eigenvalue weighted by atomic mass is 10.1. The molecule has 0 bridgehead atoms. The fourth-order valence-corrected chi connectivity index (χ4v) is 5.07. The van der Waals surface area contributed by atoms with Gasteiger partial charge in [0.2, 0.25) is 11.8 Å². The lowest BCUT2D eigenvalue weighted by Crippen LogP contribution is -2.38. The van der Waals surface area contributed by atoms with E-state index in [1.807, 2.05) is 42.5 Å². The summed E-state index contributed by atoms with van der Waals surface area (Å²) in [5.74, 6) is 0.582. The summed E-state index contributed by atoms with van der Waals surface area (Å²) in [5.41, 5.74) is 1.91. The zero-order valence-corrected chi connectivity index (χ0v) is 19.9. The number of hydrogen-bond acceptors (Lipinski definition) is 7. The third kappa shape index (κ3) is 5.38. The van der Waals surface area contributed by atoms with E-state index in [9.17, 15) is 19.7 Å². The first kappa shape index (κ1) is 24.1. The van der Waals surface area contributed by atoms with Crippen LogP contribution in [0.25, 0.3) is 0 Å². The van der Waals surface area contributed by atoms with E-state index in [0.717, 1.165) is 10.5 Å². The molecule has 3 aromatic carbocycles. The number of non-ortho nitro benzene ring substituents is 1. The Hall–Kier alpha value is -4.05. The second kappa shape index (κ2) is 10.5. The van der Waals surface area contributed by atoms with Crippen LogP contribution in [0.1, 0.15) is 17.2 Å². The van der Waals surface area contributed by atoms with Crippen LogP contribution in [-0.2, 0) is 9.59 Å². The number of fused-ring (bicyclic) bond motifs is 1. The number of methoxy groups -OCH3 is 2. The average Bonchev–Trinajstić information content (AvgIpc) is 3.00. The van der Waals surface area contributed by atoms with Gasteiger partial charge in [0.1, 0.15) is 6.54 Å². The predicted octanol–water partition coefficient (Wildman–Crippen LogP) is 4.82. The van der Waals surface area contributed by atoms with Crippen LogP contribution in [0.15, 0.2) is 71.6 Å². The standard InChI is InChI=1S/C25H23N3O6S/c1-33-20-12-7-16(13-21(20)34-2)23-14-25(30)27(19-5-3-4-6-22(19)35-23)15-24(29)26-17-8-10-18(11-9-17)28(31)32/h3-13,23H,14-15H2,1-2H3,(H,26,29)/t23-/m0/s1. The van der Waals surface area contributed by atoms with Crippen LogP contribution in [0.2, 0.25) is 0 Å². The van der Waals surface area contributed by atoms with Crippen LogP contribution in [0.5, 0.6) is 11.5 Å². The first-order valence-electron chi connectivity index (χ1n) is 10.7. The van der Waals surface area contributed by atoms with Crippen LogP contribution in [-0.4, -0.2) is 37.5 Å². The molecule has 0 aromatic heterocycles. The van der Waals surface area contributed by atoms with Gasteiger partial charge in [0.05, 0.1) is 24.8 Å². The number of thioether (sulfide) groups is 1. The highest BCUT2D eigenvalue weighted by Crippen LogP contribution is 2.46. The maximum atomic E-state index is 13.3. The van der Waals surface area contributed by atoms with Crippen molar-refractivity contribution in [2.24, 2.45) is 0 Å². The number of amides is 2. The summed E-state index contributed by atoms with van der Waals surface area (Å²) in [6.07, 6.45) is 0.180. The molecule has 1 aliphatic heterocycles. The van der Waals surface area contributed by atoms with Crippen molar-refractivity contribution in [3.63, 3.8) is 0 Å². The quantitative estimate of drug-likeness (QED) is 0.371. The zero-order chi connectivity index (χ0) is 24.9. The van der Waals surface area contributed by atoms with Gasteiger partial charge in [-0.15, -0.1) is 11.8 Å². The Balaban J connectivity index is 1.56. The highest BCUT2D eigenvalue weighted by atomic mass is 32.2. The lowest BCUT2D eigenvalue weighted by Gasteiger charge is -2.22. The van der Waals surface area contributed by atoms with Crippen molar-refractivity contribution in [1.82, 2.24) is 0 Å². The third-order valence-electron chi connectivity index (χ3n) is 5.53. The molecule has 9 nitrogen and oxygen atoms in total. The molecule has 0 fully saturated rings. The molecule has 0 saturated heterocycles.